The third kappa shape index (κ3) is 1.65. The Morgan fingerprint density at radius 3 is 2.82 bits per heavy atom. The topological polar surface area (TPSA) is 60.9 Å². The van der Waals surface area contributed by atoms with Gasteiger partial charge >= 0.3 is 0 Å². The molecule has 1 atom stereocenters. The maximum absolute atomic E-state index is 11.2. The van der Waals surface area contributed by atoms with Gasteiger partial charge in [-0.25, -0.2) is 0 Å². The molecule has 0 aliphatic rings. The van der Waals surface area contributed by atoms with E-state index in [4.69, 9.17) is 5.73 Å². The van der Waals surface area contributed by atoms with Gasteiger partial charge in [-0.05, 0) is 13.0 Å². The molecule has 60 valence electrons. The summed E-state index contributed by atoms with van der Waals surface area (Å²) in [6.45, 7) is 1.65. The molecule has 0 aromatic carbocycles. The van der Waals surface area contributed by atoms with Crippen LogP contribution in [0.3, 0.4) is 0 Å². The van der Waals surface area contributed by atoms with Gasteiger partial charge in [0.05, 0.1) is 6.04 Å². The van der Waals surface area contributed by atoms with Crippen molar-refractivity contribution in [2.45, 2.75) is 13.0 Å². The van der Waals surface area contributed by atoms with E-state index in [9.17, 15) is 4.79 Å². The zero-order chi connectivity index (χ0) is 8.43. The normalized spacial score (nSPS) is 13.0. The third-order valence-electron chi connectivity index (χ3n) is 1.38. The average Bonchev–Trinajstić information content (AvgIpc) is 2.34. The van der Waals surface area contributed by atoms with Crippen LogP contribution in [0.15, 0.2) is 12.3 Å². The number of carbonyl (C=O) groups excluding carboxylic acids is 1. The van der Waals surface area contributed by atoms with Gasteiger partial charge < -0.3 is 5.73 Å². The zero-order valence-electron chi connectivity index (χ0n) is 6.61. The first kappa shape index (κ1) is 7.94. The van der Waals surface area contributed by atoms with E-state index in [1.807, 2.05) is 0 Å². The number of rotatable bonds is 2. The fraction of sp³-hybridized carbons (Fsp3) is 0.429. The van der Waals surface area contributed by atoms with E-state index in [-0.39, 0.29) is 5.78 Å². The Labute approximate surface area is 65.0 Å². The molecule has 1 aromatic rings. The zero-order valence-corrected chi connectivity index (χ0v) is 6.61. The molecule has 1 heterocycles. The van der Waals surface area contributed by atoms with E-state index in [0.717, 1.165) is 0 Å². The first-order chi connectivity index (χ1) is 5.11. The van der Waals surface area contributed by atoms with Gasteiger partial charge in [-0.1, -0.05) is 0 Å². The van der Waals surface area contributed by atoms with Crippen molar-refractivity contribution in [1.29, 1.82) is 0 Å². The van der Waals surface area contributed by atoms with E-state index >= 15 is 0 Å². The molecule has 0 fully saturated rings. The van der Waals surface area contributed by atoms with Gasteiger partial charge in [0.25, 0.3) is 0 Å². The molecular weight excluding hydrogens is 142 g/mol. The lowest BCUT2D eigenvalue weighted by atomic mass is 10.2. The van der Waals surface area contributed by atoms with Crippen LogP contribution in [0, 0.1) is 0 Å². The lowest BCUT2D eigenvalue weighted by Crippen LogP contribution is -2.27. The number of aryl methyl sites for hydroxylation is 1. The van der Waals surface area contributed by atoms with Crippen molar-refractivity contribution in [3.05, 3.63) is 18.0 Å². The highest BCUT2D eigenvalue weighted by Crippen LogP contribution is 1.97. The molecule has 4 heteroatoms. The van der Waals surface area contributed by atoms with Crippen LogP contribution >= 0.6 is 0 Å². The van der Waals surface area contributed by atoms with E-state index in [1.165, 1.54) is 0 Å². The molecule has 0 saturated carbocycles. The SMILES string of the molecule is CC(N)C(=O)c1ccn(C)n1. The van der Waals surface area contributed by atoms with Crippen LogP contribution in [-0.4, -0.2) is 21.6 Å². The van der Waals surface area contributed by atoms with Crippen LogP contribution in [0.4, 0.5) is 0 Å². The van der Waals surface area contributed by atoms with Crippen LogP contribution in [0.25, 0.3) is 0 Å². The Morgan fingerprint density at radius 2 is 2.45 bits per heavy atom. The summed E-state index contributed by atoms with van der Waals surface area (Å²) >= 11 is 0. The number of carbonyl (C=O) groups is 1. The van der Waals surface area contributed by atoms with Gasteiger partial charge in [0, 0.05) is 13.2 Å². The maximum Gasteiger partial charge on any atom is 0.199 e. The lowest BCUT2D eigenvalue weighted by molar-refractivity contribution is 0.0962. The molecule has 0 spiro atoms. The molecule has 4 nitrogen and oxygen atoms in total. The monoisotopic (exact) mass is 153 g/mol. The second kappa shape index (κ2) is 2.84. The molecule has 0 amide bonds. The maximum atomic E-state index is 11.2. The number of nitrogens with zero attached hydrogens (tertiary/aromatic N) is 2. The van der Waals surface area contributed by atoms with Gasteiger partial charge in [-0.15, -0.1) is 0 Å². The molecule has 2 N–H and O–H groups in total. The summed E-state index contributed by atoms with van der Waals surface area (Å²) in [6.07, 6.45) is 1.72. The van der Waals surface area contributed by atoms with Crippen LogP contribution in [0.1, 0.15) is 17.4 Å². The van der Waals surface area contributed by atoms with E-state index < -0.39 is 6.04 Å². The standard InChI is InChI=1S/C7H11N3O/c1-5(8)7(11)6-3-4-10(2)9-6/h3-5H,8H2,1-2H3. The molecule has 1 aromatic heterocycles. The summed E-state index contributed by atoms with van der Waals surface area (Å²) in [7, 11) is 1.76. The highest BCUT2D eigenvalue weighted by molar-refractivity contribution is 5.97. The molecule has 0 aliphatic carbocycles. The summed E-state index contributed by atoms with van der Waals surface area (Å²) in [5.74, 6) is -0.120. The van der Waals surface area contributed by atoms with Crippen LogP contribution in [0.5, 0.6) is 0 Å². The number of hydrogen-bond donors (Lipinski definition) is 1. The minimum absolute atomic E-state index is 0.120. The van der Waals surface area contributed by atoms with E-state index in [0.29, 0.717) is 5.69 Å². The Morgan fingerprint density at radius 1 is 1.82 bits per heavy atom. The summed E-state index contributed by atoms with van der Waals surface area (Å²) in [4.78, 5) is 11.2. The third-order valence-corrected chi connectivity index (χ3v) is 1.38. The van der Waals surface area contributed by atoms with Crippen molar-refractivity contribution >= 4 is 5.78 Å². The smallest absolute Gasteiger partial charge is 0.199 e. The van der Waals surface area contributed by atoms with Gasteiger partial charge in [0.15, 0.2) is 5.78 Å². The molecular formula is C7H11N3O. The highest BCUT2D eigenvalue weighted by atomic mass is 16.1. The largest absolute Gasteiger partial charge is 0.321 e. The molecule has 0 saturated heterocycles. The van der Waals surface area contributed by atoms with Crippen molar-refractivity contribution in [2.24, 2.45) is 12.8 Å². The van der Waals surface area contributed by atoms with Crippen molar-refractivity contribution in [3.8, 4) is 0 Å². The van der Waals surface area contributed by atoms with E-state index in [2.05, 4.69) is 5.10 Å². The van der Waals surface area contributed by atoms with Crippen molar-refractivity contribution in [2.75, 3.05) is 0 Å². The van der Waals surface area contributed by atoms with Crippen molar-refractivity contribution < 1.29 is 4.79 Å². The number of aromatic nitrogens is 2. The van der Waals surface area contributed by atoms with Crippen LogP contribution in [0.2, 0.25) is 0 Å². The Kier molecular flexibility index (Phi) is 2.05. The Balaban J connectivity index is 2.85. The number of nitrogens with two attached hydrogens (primary N) is 1. The average molecular weight is 153 g/mol. The van der Waals surface area contributed by atoms with Gasteiger partial charge in [0.2, 0.25) is 0 Å². The van der Waals surface area contributed by atoms with Crippen molar-refractivity contribution in [3.63, 3.8) is 0 Å². The van der Waals surface area contributed by atoms with Gasteiger partial charge in [-0.2, -0.15) is 5.10 Å². The number of Topliss-reactive ketones (excluding diaryl/α,β-unsaturated/α-hetero) is 1. The first-order valence-electron chi connectivity index (χ1n) is 3.40. The molecule has 11 heavy (non-hydrogen) atoms. The first-order valence-corrected chi connectivity index (χ1v) is 3.40. The van der Waals surface area contributed by atoms with Crippen LogP contribution in [-0.2, 0) is 7.05 Å². The van der Waals surface area contributed by atoms with Gasteiger partial charge in [0.1, 0.15) is 5.69 Å². The summed E-state index contributed by atoms with van der Waals surface area (Å²) < 4.78 is 1.58. The summed E-state index contributed by atoms with van der Waals surface area (Å²) in [6, 6.07) is 1.19. The second-order valence-corrected chi connectivity index (χ2v) is 2.53. The lowest BCUT2D eigenvalue weighted by Gasteiger charge is -1.98. The quantitative estimate of drug-likeness (QED) is 0.606. The summed E-state index contributed by atoms with van der Waals surface area (Å²) in [5, 5.41) is 3.92. The van der Waals surface area contributed by atoms with Crippen LogP contribution < -0.4 is 5.73 Å². The fourth-order valence-electron chi connectivity index (χ4n) is 0.780. The minimum Gasteiger partial charge on any atom is -0.321 e. The Hall–Kier alpha value is -1.16. The molecule has 1 rings (SSSR count). The predicted molar refractivity (Wildman–Crippen MR) is 41.2 cm³/mol. The van der Waals surface area contributed by atoms with E-state index in [1.54, 1.807) is 30.9 Å². The molecule has 0 radical (unpaired) electrons. The second-order valence-electron chi connectivity index (χ2n) is 2.53. The minimum atomic E-state index is -0.468. The predicted octanol–water partition coefficient (Wildman–Crippen LogP) is -0.0500. The fourth-order valence-corrected chi connectivity index (χ4v) is 0.780. The molecule has 1 unspecified atom stereocenters. The summed E-state index contributed by atoms with van der Waals surface area (Å²) in [5.41, 5.74) is 5.81. The number of hydrogen-bond acceptors (Lipinski definition) is 3. The van der Waals surface area contributed by atoms with Gasteiger partial charge in [-0.3, -0.25) is 9.48 Å². The number of ketones is 1. The highest BCUT2D eigenvalue weighted by Gasteiger charge is 2.12. The Bertz CT molecular complexity index is 264. The molecule has 0 bridgehead atoms. The molecule has 0 aliphatic heterocycles. The van der Waals surface area contributed by atoms with Crippen molar-refractivity contribution in [1.82, 2.24) is 9.78 Å².